The van der Waals surface area contributed by atoms with Crippen LogP contribution in [0.4, 0.5) is 14.9 Å². The minimum Gasteiger partial charge on any atom is -0.333 e. The van der Waals surface area contributed by atoms with E-state index in [2.05, 4.69) is 10.6 Å². The maximum atomic E-state index is 13.6. The summed E-state index contributed by atoms with van der Waals surface area (Å²) in [5.41, 5.74) is 0.0866. The molecule has 25 heavy (non-hydrogen) atoms. The molecule has 1 aromatic carbocycles. The molecule has 0 aromatic heterocycles. The van der Waals surface area contributed by atoms with Crippen LogP contribution in [0.2, 0.25) is 0 Å². The number of rotatable bonds is 2. The molecule has 0 bridgehead atoms. The van der Waals surface area contributed by atoms with E-state index >= 15 is 0 Å². The first-order valence-electron chi connectivity index (χ1n) is 8.47. The van der Waals surface area contributed by atoms with E-state index in [1.165, 1.54) is 18.2 Å². The average molecular weight is 346 g/mol. The number of halogens is 1. The minimum absolute atomic E-state index is 0.0269. The quantitative estimate of drug-likeness (QED) is 0.836. The molecule has 0 unspecified atom stereocenters. The highest BCUT2D eigenvalue weighted by atomic mass is 19.1. The molecule has 4 rings (SSSR count). The fourth-order valence-electron chi connectivity index (χ4n) is 3.99. The fourth-order valence-corrected chi connectivity index (χ4v) is 3.99. The van der Waals surface area contributed by atoms with Crippen molar-refractivity contribution in [1.29, 1.82) is 0 Å². The Hall–Kier alpha value is -2.64. The second kappa shape index (κ2) is 6.02. The van der Waals surface area contributed by atoms with Gasteiger partial charge in [-0.3, -0.25) is 9.59 Å². The smallest absolute Gasteiger partial charge is 0.319 e. The van der Waals surface area contributed by atoms with E-state index in [4.69, 9.17) is 0 Å². The molecule has 0 spiro atoms. The summed E-state index contributed by atoms with van der Waals surface area (Å²) in [7, 11) is 0. The van der Waals surface area contributed by atoms with E-state index in [0.29, 0.717) is 25.9 Å². The zero-order chi connectivity index (χ0) is 17.6. The molecule has 3 atom stereocenters. The van der Waals surface area contributed by atoms with E-state index in [1.54, 1.807) is 15.9 Å². The zero-order valence-electron chi connectivity index (χ0n) is 13.6. The summed E-state index contributed by atoms with van der Waals surface area (Å²) in [4.78, 5) is 40.5. The Labute approximate surface area is 144 Å². The third-order valence-corrected chi connectivity index (χ3v) is 5.15. The number of hydrogen-bond donors (Lipinski definition) is 2. The predicted molar refractivity (Wildman–Crippen MR) is 87.2 cm³/mol. The van der Waals surface area contributed by atoms with E-state index in [-0.39, 0.29) is 29.6 Å². The van der Waals surface area contributed by atoms with Crippen LogP contribution in [0.3, 0.4) is 0 Å². The maximum Gasteiger partial charge on any atom is 0.319 e. The van der Waals surface area contributed by atoms with Gasteiger partial charge in [-0.15, -0.1) is 0 Å². The Morgan fingerprint density at radius 3 is 2.68 bits per heavy atom. The molecule has 3 aliphatic heterocycles. The number of nitrogens with one attached hydrogen (secondary N) is 2. The summed E-state index contributed by atoms with van der Waals surface area (Å²) in [6.07, 6.45) is 1.95. The Kier molecular flexibility index (Phi) is 3.82. The van der Waals surface area contributed by atoms with Gasteiger partial charge in [0, 0.05) is 13.1 Å². The summed E-state index contributed by atoms with van der Waals surface area (Å²) < 4.78 is 13.6. The number of urea groups is 1. The van der Waals surface area contributed by atoms with Gasteiger partial charge in [-0.1, -0.05) is 12.1 Å². The fraction of sp³-hybridized carbons (Fsp3) is 0.471. The number of hydrogen-bond acceptors (Lipinski definition) is 3. The van der Waals surface area contributed by atoms with Crippen LogP contribution in [-0.4, -0.2) is 58.9 Å². The van der Waals surface area contributed by atoms with Gasteiger partial charge < -0.3 is 20.4 Å². The van der Waals surface area contributed by atoms with Crippen molar-refractivity contribution in [2.45, 2.75) is 37.4 Å². The van der Waals surface area contributed by atoms with Crippen molar-refractivity contribution in [1.82, 2.24) is 15.1 Å². The number of anilines is 1. The van der Waals surface area contributed by atoms with Crippen LogP contribution in [0.25, 0.3) is 0 Å². The van der Waals surface area contributed by atoms with Crippen molar-refractivity contribution in [3.63, 3.8) is 0 Å². The summed E-state index contributed by atoms with van der Waals surface area (Å²) in [5.74, 6) is -0.575. The predicted octanol–water partition coefficient (Wildman–Crippen LogP) is 0.921. The normalized spacial score (nSPS) is 28.0. The first-order valence-corrected chi connectivity index (χ1v) is 8.47. The van der Waals surface area contributed by atoms with Crippen LogP contribution in [-0.2, 0) is 9.59 Å². The third kappa shape index (κ3) is 2.71. The SMILES string of the molecule is O=C(Nc1ccccc1F)N[C@H]1C[C@H]2C(=O)N3CCC[C@H]3C(=O)N2C1. The minimum atomic E-state index is -0.546. The van der Waals surface area contributed by atoms with Crippen LogP contribution in [0, 0.1) is 5.82 Å². The van der Waals surface area contributed by atoms with Gasteiger partial charge in [0.05, 0.1) is 11.7 Å². The zero-order valence-corrected chi connectivity index (χ0v) is 13.6. The molecule has 1 aromatic rings. The summed E-state index contributed by atoms with van der Waals surface area (Å²) in [6, 6.07) is 4.18. The van der Waals surface area contributed by atoms with E-state index in [1.807, 2.05) is 0 Å². The lowest BCUT2D eigenvalue weighted by Gasteiger charge is -2.38. The number of amides is 4. The van der Waals surface area contributed by atoms with Crippen LogP contribution in [0.1, 0.15) is 19.3 Å². The molecule has 8 heteroatoms. The van der Waals surface area contributed by atoms with Gasteiger partial charge >= 0.3 is 6.03 Å². The largest absolute Gasteiger partial charge is 0.333 e. The lowest BCUT2D eigenvalue weighted by Crippen LogP contribution is -2.60. The molecule has 2 N–H and O–H groups in total. The number of carbonyl (C=O) groups excluding carboxylic acids is 3. The first kappa shape index (κ1) is 15.9. The summed E-state index contributed by atoms with van der Waals surface area (Å²) >= 11 is 0. The molecule has 0 aliphatic carbocycles. The van der Waals surface area contributed by atoms with Crippen molar-refractivity contribution >= 4 is 23.5 Å². The van der Waals surface area contributed by atoms with Crippen molar-refractivity contribution in [3.05, 3.63) is 30.1 Å². The third-order valence-electron chi connectivity index (χ3n) is 5.15. The highest BCUT2D eigenvalue weighted by molar-refractivity contribution is 5.98. The number of nitrogens with zero attached hydrogens (tertiary/aromatic N) is 2. The summed E-state index contributed by atoms with van der Waals surface area (Å²) in [6.45, 7) is 0.940. The lowest BCUT2D eigenvalue weighted by molar-refractivity contribution is -0.156. The highest BCUT2D eigenvalue weighted by Gasteiger charge is 2.51. The monoisotopic (exact) mass is 346 g/mol. The van der Waals surface area contributed by atoms with E-state index < -0.39 is 17.9 Å². The number of carbonyl (C=O) groups is 3. The molecule has 0 saturated carbocycles. The molecule has 3 heterocycles. The Morgan fingerprint density at radius 2 is 1.88 bits per heavy atom. The van der Waals surface area contributed by atoms with Crippen molar-refractivity contribution in [3.8, 4) is 0 Å². The number of benzene rings is 1. The van der Waals surface area contributed by atoms with Crippen LogP contribution >= 0.6 is 0 Å². The second-order valence-electron chi connectivity index (χ2n) is 6.71. The summed E-state index contributed by atoms with van der Waals surface area (Å²) in [5, 5.41) is 5.19. The van der Waals surface area contributed by atoms with Gasteiger partial charge in [-0.25, -0.2) is 9.18 Å². The topological polar surface area (TPSA) is 81.8 Å². The van der Waals surface area contributed by atoms with Gasteiger partial charge in [0.25, 0.3) is 0 Å². The molecule has 3 saturated heterocycles. The molecule has 3 fully saturated rings. The standard InChI is InChI=1S/C17H19FN4O3/c18-11-4-1-2-5-12(11)20-17(25)19-10-8-14-16(24)21-7-3-6-13(21)15(23)22(14)9-10/h1-2,4-5,10,13-14H,3,6-9H2,(H2,19,20,25)/t10-,13-,14-/m0/s1. The van der Waals surface area contributed by atoms with Gasteiger partial charge in [0.1, 0.15) is 17.9 Å². The number of piperazine rings is 1. The second-order valence-corrected chi connectivity index (χ2v) is 6.71. The molecule has 0 radical (unpaired) electrons. The Balaban J connectivity index is 1.41. The van der Waals surface area contributed by atoms with Crippen LogP contribution in [0.15, 0.2) is 24.3 Å². The molecular formula is C17H19FN4O3. The van der Waals surface area contributed by atoms with E-state index in [9.17, 15) is 18.8 Å². The van der Waals surface area contributed by atoms with Gasteiger partial charge in [-0.05, 0) is 31.4 Å². The number of para-hydroxylation sites is 1. The molecule has 4 amide bonds. The Bertz CT molecular complexity index is 710. The van der Waals surface area contributed by atoms with Crippen molar-refractivity contribution in [2.75, 3.05) is 18.4 Å². The van der Waals surface area contributed by atoms with Gasteiger partial charge in [-0.2, -0.15) is 0 Å². The lowest BCUT2D eigenvalue weighted by atomic mass is 10.1. The molecule has 3 aliphatic rings. The average Bonchev–Trinajstić information content (AvgIpc) is 3.22. The molecule has 132 valence electrons. The van der Waals surface area contributed by atoms with Crippen molar-refractivity contribution in [2.24, 2.45) is 0 Å². The molecular weight excluding hydrogens is 327 g/mol. The first-order chi connectivity index (χ1) is 12.0. The van der Waals surface area contributed by atoms with Crippen LogP contribution < -0.4 is 10.6 Å². The Morgan fingerprint density at radius 1 is 1.12 bits per heavy atom. The maximum absolute atomic E-state index is 13.6. The molecule has 7 nitrogen and oxygen atoms in total. The van der Waals surface area contributed by atoms with Gasteiger partial charge in [0.2, 0.25) is 11.8 Å². The van der Waals surface area contributed by atoms with E-state index in [0.717, 1.165) is 6.42 Å². The van der Waals surface area contributed by atoms with Gasteiger partial charge in [0.15, 0.2) is 0 Å². The highest BCUT2D eigenvalue weighted by Crippen LogP contribution is 2.32. The van der Waals surface area contributed by atoms with Crippen molar-refractivity contribution < 1.29 is 18.8 Å². The van der Waals surface area contributed by atoms with Crippen LogP contribution in [0.5, 0.6) is 0 Å². The number of fused-ring (bicyclic) bond motifs is 2.